The van der Waals surface area contributed by atoms with Crippen molar-refractivity contribution in [1.82, 2.24) is 4.72 Å². The predicted molar refractivity (Wildman–Crippen MR) is 97.9 cm³/mol. The highest BCUT2D eigenvalue weighted by Gasteiger charge is 2.20. The van der Waals surface area contributed by atoms with E-state index < -0.39 is 10.0 Å². The smallest absolute Gasteiger partial charge is 0.240 e. The maximum Gasteiger partial charge on any atom is 0.240 e. The van der Waals surface area contributed by atoms with Crippen LogP contribution in [0.1, 0.15) is 30.4 Å². The van der Waals surface area contributed by atoms with Crippen LogP contribution in [0.15, 0.2) is 53.4 Å². The molecule has 0 atom stereocenters. The molecule has 1 heterocycles. The molecule has 3 rings (SSSR count). The fraction of sp³-hybridized carbons (Fsp3) is 0.316. The number of amides is 1. The molecule has 0 aromatic heterocycles. The molecule has 0 bridgehead atoms. The molecule has 5 nitrogen and oxygen atoms in total. The molecular weight excluding hydrogens is 336 g/mol. The van der Waals surface area contributed by atoms with E-state index in [1.54, 1.807) is 29.2 Å². The highest BCUT2D eigenvalue weighted by molar-refractivity contribution is 7.89. The summed E-state index contributed by atoms with van der Waals surface area (Å²) in [6.07, 6.45) is 2.45. The van der Waals surface area contributed by atoms with Crippen LogP contribution in [0.2, 0.25) is 0 Å². The van der Waals surface area contributed by atoms with Gasteiger partial charge in [-0.25, -0.2) is 13.1 Å². The molecule has 1 saturated heterocycles. The third-order valence-corrected chi connectivity index (χ3v) is 5.91. The Morgan fingerprint density at radius 2 is 1.76 bits per heavy atom. The molecule has 0 aliphatic carbocycles. The number of piperidine rings is 1. The molecule has 132 valence electrons. The quantitative estimate of drug-likeness (QED) is 0.893. The van der Waals surface area contributed by atoms with E-state index in [0.717, 1.165) is 29.7 Å². The zero-order chi connectivity index (χ0) is 17.9. The maximum absolute atomic E-state index is 12.5. The summed E-state index contributed by atoms with van der Waals surface area (Å²) in [4.78, 5) is 13.9. The number of anilines is 1. The van der Waals surface area contributed by atoms with E-state index in [1.807, 2.05) is 31.2 Å². The van der Waals surface area contributed by atoms with Gasteiger partial charge in [0.15, 0.2) is 0 Å². The van der Waals surface area contributed by atoms with Gasteiger partial charge in [0.05, 0.1) is 4.90 Å². The second-order valence-electron chi connectivity index (χ2n) is 6.25. The zero-order valence-electron chi connectivity index (χ0n) is 14.2. The number of hydrogen-bond donors (Lipinski definition) is 1. The predicted octanol–water partition coefficient (Wildman–Crippen LogP) is 2.99. The van der Waals surface area contributed by atoms with Crippen LogP contribution in [0.4, 0.5) is 5.69 Å². The Balaban J connectivity index is 1.72. The van der Waals surface area contributed by atoms with Crippen LogP contribution in [0.25, 0.3) is 0 Å². The number of carbonyl (C=O) groups is 1. The largest absolute Gasteiger partial charge is 0.312 e. The third kappa shape index (κ3) is 4.08. The number of benzene rings is 2. The number of rotatable bonds is 5. The Kier molecular flexibility index (Phi) is 5.20. The van der Waals surface area contributed by atoms with Gasteiger partial charge in [-0.15, -0.1) is 0 Å². The van der Waals surface area contributed by atoms with Crippen LogP contribution in [0, 0.1) is 6.92 Å². The molecule has 0 saturated carbocycles. The number of hydrogen-bond acceptors (Lipinski definition) is 3. The van der Waals surface area contributed by atoms with Gasteiger partial charge in [0.2, 0.25) is 15.9 Å². The highest BCUT2D eigenvalue weighted by Crippen LogP contribution is 2.22. The summed E-state index contributed by atoms with van der Waals surface area (Å²) in [5, 5.41) is 0. The van der Waals surface area contributed by atoms with Crippen LogP contribution in [-0.4, -0.2) is 20.9 Å². The molecule has 1 fully saturated rings. The lowest BCUT2D eigenvalue weighted by molar-refractivity contribution is -0.119. The highest BCUT2D eigenvalue weighted by atomic mass is 32.2. The van der Waals surface area contributed by atoms with Gasteiger partial charge in [-0.1, -0.05) is 24.3 Å². The molecule has 0 spiro atoms. The summed E-state index contributed by atoms with van der Waals surface area (Å²) in [7, 11) is -3.59. The van der Waals surface area contributed by atoms with Crippen molar-refractivity contribution in [2.45, 2.75) is 37.6 Å². The molecule has 1 N–H and O–H groups in total. The van der Waals surface area contributed by atoms with Crippen molar-refractivity contribution < 1.29 is 13.2 Å². The second kappa shape index (κ2) is 7.37. The average Bonchev–Trinajstić information content (AvgIpc) is 2.62. The van der Waals surface area contributed by atoms with E-state index in [1.165, 1.54) is 0 Å². The lowest BCUT2D eigenvalue weighted by Crippen LogP contribution is -2.35. The van der Waals surface area contributed by atoms with Gasteiger partial charge in [-0.2, -0.15) is 0 Å². The van der Waals surface area contributed by atoms with Crippen molar-refractivity contribution >= 4 is 21.6 Å². The first-order valence-corrected chi connectivity index (χ1v) is 9.90. The topological polar surface area (TPSA) is 66.5 Å². The second-order valence-corrected chi connectivity index (χ2v) is 8.01. The van der Waals surface area contributed by atoms with Crippen molar-refractivity contribution in [3.05, 3.63) is 59.7 Å². The van der Waals surface area contributed by atoms with Crippen LogP contribution < -0.4 is 9.62 Å². The molecule has 6 heteroatoms. The Bertz CT molecular complexity index is 860. The van der Waals surface area contributed by atoms with E-state index in [-0.39, 0.29) is 17.3 Å². The Labute approximate surface area is 148 Å². The van der Waals surface area contributed by atoms with Gasteiger partial charge in [0.25, 0.3) is 0 Å². The number of sulfonamides is 1. The number of nitrogens with zero attached hydrogens (tertiary/aromatic N) is 1. The number of carbonyl (C=O) groups excluding carboxylic acids is 1. The fourth-order valence-corrected chi connectivity index (χ4v) is 3.96. The summed E-state index contributed by atoms with van der Waals surface area (Å²) in [5.74, 6) is 0.0968. The van der Waals surface area contributed by atoms with Gasteiger partial charge >= 0.3 is 0 Å². The molecule has 25 heavy (non-hydrogen) atoms. The summed E-state index contributed by atoms with van der Waals surface area (Å²) >= 11 is 0. The van der Waals surface area contributed by atoms with Crippen LogP contribution in [0.5, 0.6) is 0 Å². The third-order valence-electron chi connectivity index (χ3n) is 4.50. The first-order chi connectivity index (χ1) is 12.0. The van der Waals surface area contributed by atoms with Crippen LogP contribution in [0.3, 0.4) is 0 Å². The normalized spacial score (nSPS) is 15.4. The van der Waals surface area contributed by atoms with Gasteiger partial charge < -0.3 is 4.90 Å². The van der Waals surface area contributed by atoms with Gasteiger partial charge in [0.1, 0.15) is 0 Å². The van der Waals surface area contributed by atoms with Gasteiger partial charge in [-0.05, 0) is 55.2 Å². The minimum Gasteiger partial charge on any atom is -0.312 e. The lowest BCUT2D eigenvalue weighted by atomic mass is 10.1. The van der Waals surface area contributed by atoms with Crippen molar-refractivity contribution in [3.8, 4) is 0 Å². The maximum atomic E-state index is 12.5. The molecule has 2 aromatic rings. The molecule has 0 radical (unpaired) electrons. The Morgan fingerprint density at radius 3 is 2.44 bits per heavy atom. The first-order valence-electron chi connectivity index (χ1n) is 8.42. The van der Waals surface area contributed by atoms with E-state index in [9.17, 15) is 13.2 Å². The SMILES string of the molecule is Cc1ccccc1CNS(=O)(=O)c1ccc(N2CCCCC2=O)cc1. The monoisotopic (exact) mass is 358 g/mol. The van der Waals surface area contributed by atoms with E-state index in [4.69, 9.17) is 0 Å². The lowest BCUT2D eigenvalue weighted by Gasteiger charge is -2.26. The molecule has 0 unspecified atom stereocenters. The molecule has 1 amide bonds. The molecule has 1 aliphatic rings. The number of aryl methyl sites for hydroxylation is 1. The summed E-state index contributed by atoms with van der Waals surface area (Å²) in [5.41, 5.74) is 2.74. The van der Waals surface area contributed by atoms with Crippen LogP contribution in [-0.2, 0) is 21.4 Å². The van der Waals surface area contributed by atoms with E-state index in [2.05, 4.69) is 4.72 Å². The summed E-state index contributed by atoms with van der Waals surface area (Å²) < 4.78 is 27.6. The summed E-state index contributed by atoms with van der Waals surface area (Å²) in [6.45, 7) is 2.89. The number of nitrogens with one attached hydrogen (secondary N) is 1. The van der Waals surface area contributed by atoms with Crippen LogP contribution >= 0.6 is 0 Å². The van der Waals surface area contributed by atoms with Gasteiger partial charge in [0, 0.05) is 25.2 Å². The minimum atomic E-state index is -3.59. The van der Waals surface area contributed by atoms with Crippen molar-refractivity contribution in [1.29, 1.82) is 0 Å². The molecule has 1 aliphatic heterocycles. The van der Waals surface area contributed by atoms with E-state index in [0.29, 0.717) is 13.0 Å². The fourth-order valence-electron chi connectivity index (χ4n) is 2.95. The first kappa shape index (κ1) is 17.6. The van der Waals surface area contributed by atoms with E-state index >= 15 is 0 Å². The standard InChI is InChI=1S/C19H22N2O3S/c1-15-6-2-3-7-16(15)14-20-25(23,24)18-11-9-17(10-12-18)21-13-5-4-8-19(21)22/h2-3,6-7,9-12,20H,4-5,8,13-14H2,1H3. The molecular formula is C19H22N2O3S. The Morgan fingerprint density at radius 1 is 1.04 bits per heavy atom. The zero-order valence-corrected chi connectivity index (χ0v) is 15.1. The average molecular weight is 358 g/mol. The molecule has 2 aromatic carbocycles. The summed E-state index contributed by atoms with van der Waals surface area (Å²) in [6, 6.07) is 14.2. The van der Waals surface area contributed by atoms with Crippen molar-refractivity contribution in [2.75, 3.05) is 11.4 Å². The minimum absolute atomic E-state index is 0.0968. The Hall–Kier alpha value is -2.18. The van der Waals surface area contributed by atoms with Crippen molar-refractivity contribution in [2.24, 2.45) is 0 Å². The van der Waals surface area contributed by atoms with Gasteiger partial charge in [-0.3, -0.25) is 4.79 Å². The van der Waals surface area contributed by atoms with Crippen molar-refractivity contribution in [3.63, 3.8) is 0 Å².